The zero-order chi connectivity index (χ0) is 32.6. The largest absolute Gasteiger partial charge is 0.231 e. The number of hydrogen-bond donors (Lipinski definition) is 0. The van der Waals surface area contributed by atoms with E-state index in [0.29, 0.717) is 17.5 Å². The number of hydrogen-bond acceptors (Lipinski definition) is 4. The van der Waals surface area contributed by atoms with Gasteiger partial charge in [-0.1, -0.05) is 170 Å². The molecule has 6 aromatic carbocycles. The molecule has 0 radical (unpaired) electrons. The Morgan fingerprint density at radius 1 is 0.367 bits per heavy atom. The number of fused-ring (bicyclic) bond motifs is 3. The summed E-state index contributed by atoms with van der Waals surface area (Å²) >= 11 is 0. The maximum Gasteiger partial charge on any atom is 0.164 e. The molecule has 0 saturated carbocycles. The third-order valence-corrected chi connectivity index (χ3v) is 8.87. The molecule has 5 heteroatoms. The Balaban J connectivity index is 1.25. The van der Waals surface area contributed by atoms with Gasteiger partial charge in [-0.15, -0.1) is 0 Å². The fourth-order valence-electron chi connectivity index (χ4n) is 6.50. The number of rotatable bonds is 6. The molecule has 9 aromatic rings. The number of aromatic nitrogens is 5. The number of benzene rings is 6. The van der Waals surface area contributed by atoms with Gasteiger partial charge in [0, 0.05) is 38.8 Å². The van der Waals surface area contributed by atoms with Gasteiger partial charge in [-0.3, -0.25) is 0 Å². The van der Waals surface area contributed by atoms with E-state index in [1.165, 1.54) is 5.39 Å². The highest BCUT2D eigenvalue weighted by atomic mass is 15.2. The first-order chi connectivity index (χ1) is 24.3. The molecule has 0 atom stereocenters. The lowest BCUT2D eigenvalue weighted by molar-refractivity contribution is 0.979. The van der Waals surface area contributed by atoms with E-state index in [-0.39, 0.29) is 0 Å². The zero-order valence-corrected chi connectivity index (χ0v) is 26.5. The van der Waals surface area contributed by atoms with Crippen LogP contribution in [0.5, 0.6) is 0 Å². The minimum absolute atomic E-state index is 0.624. The highest BCUT2D eigenvalue weighted by Gasteiger charge is 2.22. The molecule has 9 rings (SSSR count). The molecule has 5 nitrogen and oxygen atoms in total. The third-order valence-electron chi connectivity index (χ3n) is 8.87. The normalized spacial score (nSPS) is 11.3. The average Bonchev–Trinajstić information content (AvgIpc) is 3.60. The highest BCUT2D eigenvalue weighted by Crippen LogP contribution is 2.41. The number of pyridine rings is 1. The predicted octanol–water partition coefficient (Wildman–Crippen LogP) is 10.7. The van der Waals surface area contributed by atoms with Gasteiger partial charge in [0.2, 0.25) is 0 Å². The molecule has 230 valence electrons. The van der Waals surface area contributed by atoms with Crippen molar-refractivity contribution < 1.29 is 0 Å². The summed E-state index contributed by atoms with van der Waals surface area (Å²) in [6.45, 7) is 0. The summed E-state index contributed by atoms with van der Waals surface area (Å²) < 4.78 is 2.12. The Morgan fingerprint density at radius 2 is 0.796 bits per heavy atom. The van der Waals surface area contributed by atoms with E-state index >= 15 is 0 Å². The van der Waals surface area contributed by atoms with Crippen molar-refractivity contribution in [1.29, 1.82) is 0 Å². The first kappa shape index (κ1) is 28.5. The average molecular weight is 628 g/mol. The molecule has 0 aliphatic heterocycles. The molecule has 3 heterocycles. The molecule has 0 amide bonds. The Labute approximate surface area is 283 Å². The molecule has 0 bridgehead atoms. The van der Waals surface area contributed by atoms with Crippen LogP contribution in [0, 0.1) is 0 Å². The Hall–Kier alpha value is -6.72. The molecule has 0 unspecified atom stereocenters. The van der Waals surface area contributed by atoms with Crippen LogP contribution in [0.4, 0.5) is 0 Å². The van der Waals surface area contributed by atoms with Crippen LogP contribution >= 0.6 is 0 Å². The highest BCUT2D eigenvalue weighted by molar-refractivity contribution is 6.08. The first-order valence-electron chi connectivity index (χ1n) is 16.3. The standard InChI is InChI=1S/C44H29N5/c1-5-15-30(16-6-1)38-29-36-23-13-14-24-37(36)41-39(40(48-49(38)41)32-17-7-2-8-18-32)31-25-27-35(28-26-31)44-46-42(33-19-9-3-10-20-33)45-43(47-44)34-21-11-4-12-22-34/h1-29H. The molecule has 49 heavy (non-hydrogen) atoms. The van der Waals surface area contributed by atoms with E-state index in [2.05, 4.69) is 108 Å². The molecule has 3 aromatic heterocycles. The van der Waals surface area contributed by atoms with Crippen LogP contribution in [0.2, 0.25) is 0 Å². The van der Waals surface area contributed by atoms with Gasteiger partial charge in [0.25, 0.3) is 0 Å². The summed E-state index contributed by atoms with van der Waals surface area (Å²) in [5, 5.41) is 7.65. The van der Waals surface area contributed by atoms with Gasteiger partial charge in [0.05, 0.1) is 11.2 Å². The molecule has 0 aliphatic carbocycles. The second-order valence-electron chi connectivity index (χ2n) is 11.9. The third kappa shape index (κ3) is 5.24. The first-order valence-corrected chi connectivity index (χ1v) is 16.3. The summed E-state index contributed by atoms with van der Waals surface area (Å²) in [5.74, 6) is 1.91. The Kier molecular flexibility index (Phi) is 7.06. The van der Waals surface area contributed by atoms with Crippen LogP contribution in [0.3, 0.4) is 0 Å². The van der Waals surface area contributed by atoms with Crippen molar-refractivity contribution in [3.63, 3.8) is 0 Å². The number of nitrogens with zero attached hydrogens (tertiary/aromatic N) is 5. The van der Waals surface area contributed by atoms with Crippen molar-refractivity contribution >= 4 is 16.3 Å². The van der Waals surface area contributed by atoms with Gasteiger partial charge >= 0.3 is 0 Å². The topological polar surface area (TPSA) is 56.0 Å². The van der Waals surface area contributed by atoms with E-state index in [1.807, 2.05) is 72.8 Å². The van der Waals surface area contributed by atoms with Crippen LogP contribution in [0.15, 0.2) is 176 Å². The lowest BCUT2D eigenvalue weighted by Crippen LogP contribution is -2.00. The smallest absolute Gasteiger partial charge is 0.164 e. The Morgan fingerprint density at radius 3 is 1.35 bits per heavy atom. The van der Waals surface area contributed by atoms with E-state index in [1.54, 1.807) is 0 Å². The van der Waals surface area contributed by atoms with Crippen molar-refractivity contribution in [2.24, 2.45) is 0 Å². The second kappa shape index (κ2) is 12.1. The van der Waals surface area contributed by atoms with Crippen molar-refractivity contribution in [3.8, 4) is 67.8 Å². The minimum Gasteiger partial charge on any atom is -0.231 e. The zero-order valence-electron chi connectivity index (χ0n) is 26.5. The van der Waals surface area contributed by atoms with E-state index < -0.39 is 0 Å². The predicted molar refractivity (Wildman–Crippen MR) is 199 cm³/mol. The van der Waals surface area contributed by atoms with Crippen LogP contribution < -0.4 is 0 Å². The van der Waals surface area contributed by atoms with Crippen molar-refractivity contribution in [3.05, 3.63) is 176 Å². The summed E-state index contributed by atoms with van der Waals surface area (Å²) in [7, 11) is 0. The minimum atomic E-state index is 0.624. The maximum atomic E-state index is 5.34. The maximum absolute atomic E-state index is 5.34. The van der Waals surface area contributed by atoms with Gasteiger partial charge in [-0.2, -0.15) is 5.10 Å². The van der Waals surface area contributed by atoms with E-state index in [9.17, 15) is 0 Å². The van der Waals surface area contributed by atoms with Crippen molar-refractivity contribution in [2.75, 3.05) is 0 Å². The van der Waals surface area contributed by atoms with Gasteiger partial charge < -0.3 is 0 Å². The van der Waals surface area contributed by atoms with E-state index in [4.69, 9.17) is 20.1 Å². The second-order valence-corrected chi connectivity index (χ2v) is 11.9. The monoisotopic (exact) mass is 627 g/mol. The van der Waals surface area contributed by atoms with Gasteiger partial charge in [0.1, 0.15) is 5.69 Å². The fourth-order valence-corrected chi connectivity index (χ4v) is 6.50. The van der Waals surface area contributed by atoms with Crippen molar-refractivity contribution in [2.45, 2.75) is 0 Å². The summed E-state index contributed by atoms with van der Waals surface area (Å²) in [6, 6.07) is 60.4. The lowest BCUT2D eigenvalue weighted by atomic mass is 9.96. The van der Waals surface area contributed by atoms with Crippen LogP contribution in [0.25, 0.3) is 84.1 Å². The molecule has 0 N–H and O–H groups in total. The summed E-state index contributed by atoms with van der Waals surface area (Å²) in [4.78, 5) is 14.8. The molecular weight excluding hydrogens is 599 g/mol. The lowest BCUT2D eigenvalue weighted by Gasteiger charge is -2.11. The SMILES string of the molecule is c1ccc(-c2nc(-c3ccccc3)nc(-c3ccc(-c4c(-c5ccccc5)nn5c(-c6ccccc6)cc6ccccc6c45)cc3)n2)cc1. The molecular formula is C44H29N5. The molecule has 0 aliphatic rings. The summed E-state index contributed by atoms with van der Waals surface area (Å²) in [5.41, 5.74) is 10.2. The summed E-state index contributed by atoms with van der Waals surface area (Å²) in [6.07, 6.45) is 0. The molecule has 0 saturated heterocycles. The molecule has 0 spiro atoms. The fraction of sp³-hybridized carbons (Fsp3) is 0. The van der Waals surface area contributed by atoms with Gasteiger partial charge in [-0.25, -0.2) is 19.5 Å². The molecule has 0 fully saturated rings. The Bertz CT molecular complexity index is 2500. The van der Waals surface area contributed by atoms with Crippen molar-refractivity contribution in [1.82, 2.24) is 24.6 Å². The van der Waals surface area contributed by atoms with E-state index in [0.717, 1.165) is 61.2 Å². The van der Waals surface area contributed by atoms with Crippen LogP contribution in [0.1, 0.15) is 0 Å². The van der Waals surface area contributed by atoms with Gasteiger partial charge in [-0.05, 0) is 17.0 Å². The van der Waals surface area contributed by atoms with Crippen LogP contribution in [-0.4, -0.2) is 24.6 Å². The van der Waals surface area contributed by atoms with Crippen LogP contribution in [-0.2, 0) is 0 Å². The quantitative estimate of drug-likeness (QED) is 0.184. The van der Waals surface area contributed by atoms with Gasteiger partial charge in [0.15, 0.2) is 17.5 Å².